The van der Waals surface area contributed by atoms with Gasteiger partial charge in [-0.3, -0.25) is 0 Å². The van der Waals surface area contributed by atoms with Gasteiger partial charge in [0, 0.05) is 88.8 Å². The summed E-state index contributed by atoms with van der Waals surface area (Å²) < 4.78 is 27.3. The third-order valence-corrected chi connectivity index (χ3v) is 19.8. The van der Waals surface area contributed by atoms with Crippen molar-refractivity contribution < 1.29 is 17.7 Å². The second-order valence-corrected chi connectivity index (χ2v) is 25.7. The Kier molecular flexibility index (Phi) is 9.95. The average molecular weight is 1130 g/mol. The summed E-state index contributed by atoms with van der Waals surface area (Å²) in [4.78, 5) is 5.13. The summed E-state index contributed by atoms with van der Waals surface area (Å²) in [5.74, 6) is 3.14. The minimum Gasteiger partial charge on any atom is -0.456 e. The number of anilines is 6. The lowest BCUT2D eigenvalue weighted by molar-refractivity contribution is 0.628. The Hall–Kier alpha value is -10.8. The van der Waals surface area contributed by atoms with E-state index in [9.17, 15) is 0 Å². The van der Waals surface area contributed by atoms with E-state index in [1.54, 1.807) is 0 Å². The third kappa shape index (κ3) is 7.01. The monoisotopic (exact) mass is 1130 g/mol. The van der Waals surface area contributed by atoms with Gasteiger partial charge in [0.1, 0.15) is 45.4 Å². The molecule has 0 N–H and O–H groups in total. The van der Waals surface area contributed by atoms with Gasteiger partial charge in [0.15, 0.2) is 0 Å². The van der Waals surface area contributed by atoms with Crippen LogP contribution in [0.1, 0.15) is 55.5 Å². The van der Waals surface area contributed by atoms with Gasteiger partial charge in [-0.25, -0.2) is 0 Å². The zero-order valence-corrected chi connectivity index (χ0v) is 49.2. The summed E-state index contributed by atoms with van der Waals surface area (Å²) in [6, 6.07) is 88.7. The fraction of sp³-hybridized carbons (Fsp3) is 0.0864. The van der Waals surface area contributed by atoms with Crippen molar-refractivity contribution >= 4 is 101 Å². The largest absolute Gasteiger partial charge is 0.456 e. The third-order valence-electron chi connectivity index (χ3n) is 19.8. The molecular weight excluding hydrogens is 1080 g/mol. The lowest BCUT2D eigenvalue weighted by atomic mass is 9.33. The Bertz CT molecular complexity index is 4880. The lowest BCUT2D eigenvalue weighted by Crippen LogP contribution is -2.61. The van der Waals surface area contributed by atoms with Crippen LogP contribution in [-0.4, -0.2) is 6.71 Å². The quantitative estimate of drug-likeness (QED) is 0.155. The van der Waals surface area contributed by atoms with Crippen molar-refractivity contribution in [2.45, 2.75) is 45.4 Å². The first-order chi connectivity index (χ1) is 43.0. The van der Waals surface area contributed by atoms with Crippen LogP contribution in [0.25, 0.3) is 111 Å². The molecule has 0 unspecified atom stereocenters. The van der Waals surface area contributed by atoms with Crippen LogP contribution in [0.2, 0.25) is 0 Å². The number of rotatable bonds is 6. The molecule has 7 heteroatoms. The second-order valence-electron chi connectivity index (χ2n) is 25.7. The van der Waals surface area contributed by atoms with E-state index >= 15 is 0 Å². The van der Waals surface area contributed by atoms with Gasteiger partial charge in [-0.15, -0.1) is 0 Å². The zero-order chi connectivity index (χ0) is 58.5. The summed E-state index contributed by atoms with van der Waals surface area (Å²) in [5, 5.41) is 4.20. The van der Waals surface area contributed by atoms with Gasteiger partial charge in [0.05, 0.1) is 0 Å². The highest BCUT2D eigenvalue weighted by Gasteiger charge is 2.48. The molecule has 0 bridgehead atoms. The Morgan fingerprint density at radius 2 is 0.636 bits per heavy atom. The van der Waals surface area contributed by atoms with E-state index in [0.29, 0.717) is 0 Å². The smallest absolute Gasteiger partial charge is 0.252 e. The molecule has 0 atom stereocenters. The number of hydrogen-bond donors (Lipinski definition) is 0. The van der Waals surface area contributed by atoms with Gasteiger partial charge in [-0.1, -0.05) is 161 Å². The summed E-state index contributed by atoms with van der Waals surface area (Å²) >= 11 is 0. The molecule has 0 fully saturated rings. The normalized spacial score (nSPS) is 14.5. The first-order valence-electron chi connectivity index (χ1n) is 30.5. The van der Waals surface area contributed by atoms with Crippen molar-refractivity contribution in [1.82, 2.24) is 0 Å². The van der Waals surface area contributed by atoms with Crippen LogP contribution in [0, 0.1) is 6.92 Å². The predicted molar refractivity (Wildman–Crippen MR) is 361 cm³/mol. The molecule has 15 aromatic rings. The molecule has 4 aliphatic rings. The maximum Gasteiger partial charge on any atom is 0.252 e. The molecule has 0 radical (unpaired) electrons. The Morgan fingerprint density at radius 3 is 0.989 bits per heavy atom. The van der Waals surface area contributed by atoms with Crippen molar-refractivity contribution in [3.05, 3.63) is 270 Å². The van der Waals surface area contributed by atoms with E-state index in [4.69, 9.17) is 17.7 Å². The topological polar surface area (TPSA) is 59.0 Å². The van der Waals surface area contributed by atoms with E-state index in [-0.39, 0.29) is 17.5 Å². The maximum absolute atomic E-state index is 6.82. The highest BCUT2D eigenvalue weighted by atomic mass is 16.3. The van der Waals surface area contributed by atoms with E-state index < -0.39 is 0 Å². The van der Waals surface area contributed by atoms with Crippen LogP contribution in [-0.2, 0) is 10.8 Å². The number of aryl methyl sites for hydroxylation is 1. The van der Waals surface area contributed by atoms with Gasteiger partial charge < -0.3 is 27.5 Å². The summed E-state index contributed by atoms with van der Waals surface area (Å²) in [7, 11) is 0. The molecule has 2 aliphatic carbocycles. The molecular formula is C81H55BN2O4. The van der Waals surface area contributed by atoms with Crippen LogP contribution in [0.5, 0.6) is 0 Å². The lowest BCUT2D eigenvalue weighted by Gasteiger charge is -2.45. The molecule has 6 nitrogen and oxygen atoms in total. The molecule has 11 aromatic carbocycles. The van der Waals surface area contributed by atoms with Crippen molar-refractivity contribution in [2.24, 2.45) is 0 Å². The minimum absolute atomic E-state index is 0.188. The van der Waals surface area contributed by atoms with Gasteiger partial charge in [-0.05, 0) is 183 Å². The van der Waals surface area contributed by atoms with Gasteiger partial charge in [0.2, 0.25) is 0 Å². The minimum atomic E-state index is -0.278. The molecule has 88 heavy (non-hydrogen) atoms. The fourth-order valence-corrected chi connectivity index (χ4v) is 15.6. The van der Waals surface area contributed by atoms with Crippen molar-refractivity contribution in [3.63, 3.8) is 0 Å². The molecule has 2 aliphatic heterocycles. The first kappa shape index (κ1) is 49.5. The summed E-state index contributed by atoms with van der Waals surface area (Å²) in [6.07, 6.45) is 0. The highest BCUT2D eigenvalue weighted by molar-refractivity contribution is 7.00. The molecule has 0 spiro atoms. The van der Waals surface area contributed by atoms with E-state index in [0.717, 1.165) is 129 Å². The molecule has 416 valence electrons. The molecule has 0 amide bonds. The van der Waals surface area contributed by atoms with Crippen LogP contribution in [0.4, 0.5) is 34.1 Å². The number of furan rings is 4. The number of hydrogen-bond acceptors (Lipinski definition) is 6. The van der Waals surface area contributed by atoms with Crippen molar-refractivity contribution in [2.75, 3.05) is 9.80 Å². The van der Waals surface area contributed by atoms with Gasteiger partial charge in [0.25, 0.3) is 6.71 Å². The van der Waals surface area contributed by atoms with Crippen molar-refractivity contribution in [3.8, 4) is 67.5 Å². The van der Waals surface area contributed by atoms with E-state index in [2.05, 4.69) is 239 Å². The molecule has 19 rings (SSSR count). The second kappa shape index (κ2) is 17.7. The highest BCUT2D eigenvalue weighted by Crippen LogP contribution is 2.56. The molecule has 0 saturated heterocycles. The van der Waals surface area contributed by atoms with Crippen LogP contribution >= 0.6 is 0 Å². The first-order valence-corrected chi connectivity index (χ1v) is 30.5. The number of nitrogens with zero attached hydrogens (tertiary/aromatic N) is 2. The number of benzene rings is 11. The fourth-order valence-electron chi connectivity index (χ4n) is 15.6. The molecule has 6 heterocycles. The van der Waals surface area contributed by atoms with Crippen LogP contribution in [0.3, 0.4) is 0 Å². The number of para-hydroxylation sites is 4. The Morgan fingerprint density at radius 1 is 0.307 bits per heavy atom. The van der Waals surface area contributed by atoms with Crippen LogP contribution < -0.4 is 26.2 Å². The molecule has 4 aromatic heterocycles. The molecule has 0 saturated carbocycles. The summed E-state index contributed by atoms with van der Waals surface area (Å²) in [5.41, 5.74) is 28.4. The van der Waals surface area contributed by atoms with Crippen LogP contribution in [0.15, 0.2) is 260 Å². The maximum atomic E-state index is 6.82. The SMILES string of the molecule is Cc1cc2c3c(c1)N(c1cc(-c4cc5ccccc5o4)cc(-c4cc5ccccc5o4)c1)c1cc4c(cc1B3c1cc3c(cc1N2c1cc(-c2cc5ccccc5o2)cc(-c2cc5ccccc5o2)c1)C(C)(C)c1ccccc1-3)-c1ccccc1C4(C)C. The number of fused-ring (bicyclic) bond motifs is 14. The zero-order valence-electron chi connectivity index (χ0n) is 49.2. The summed E-state index contributed by atoms with van der Waals surface area (Å²) in [6.45, 7) is 11.6. The van der Waals surface area contributed by atoms with Crippen molar-refractivity contribution in [1.29, 1.82) is 0 Å². The van der Waals surface area contributed by atoms with Gasteiger partial charge >= 0.3 is 0 Å². The predicted octanol–water partition coefficient (Wildman–Crippen LogP) is 20.3. The Balaban J connectivity index is 0.929. The standard InChI is InChI=1S/C81H55BN2O4/c1-46-30-69-79-70(31-46)84(56-36-53(77-40-49-20-8-16-28-73(49)87-77)33-54(37-56)78-41-50-21-9-17-29-74(50)88-78)68-45-64-60(58-23-11-13-25-62(58)81(64,4)5)43-66(68)82(79)65-42-59-57-22-10-12-24-61(57)80(2,3)63(59)44-67(65)83(69)55-34-51(75-38-47-18-6-14-26-71(47)85-75)32-52(35-55)76-39-48-19-7-15-27-72(48)86-76/h6-45H,1-5H3. The van der Waals surface area contributed by atoms with E-state index in [1.165, 1.54) is 60.9 Å². The average Bonchev–Trinajstić information content (AvgIpc) is 1.58. The Labute approximate surface area is 509 Å². The van der Waals surface area contributed by atoms with E-state index in [1.807, 2.05) is 48.5 Å². The van der Waals surface area contributed by atoms with Gasteiger partial charge in [-0.2, -0.15) is 0 Å².